The molecule has 2 aromatic heterocycles. The van der Waals surface area contributed by atoms with Crippen molar-refractivity contribution in [1.82, 2.24) is 25.2 Å². The van der Waals surface area contributed by atoms with E-state index in [0.29, 0.717) is 24.8 Å². The summed E-state index contributed by atoms with van der Waals surface area (Å²) < 4.78 is 1.94. The second-order valence-corrected chi connectivity index (χ2v) is 6.88. The molecule has 3 rings (SSSR count). The molecule has 2 aromatic rings. The van der Waals surface area contributed by atoms with Crippen molar-refractivity contribution in [2.24, 2.45) is 0 Å². The van der Waals surface area contributed by atoms with Gasteiger partial charge < -0.3 is 10.2 Å². The Morgan fingerprint density at radius 3 is 2.91 bits per heavy atom. The molecule has 0 aliphatic carbocycles. The lowest BCUT2D eigenvalue weighted by molar-refractivity contribution is 0.0747. The highest BCUT2D eigenvalue weighted by molar-refractivity contribution is 7.09. The predicted molar refractivity (Wildman–Crippen MR) is 90.6 cm³/mol. The van der Waals surface area contributed by atoms with Gasteiger partial charge in [0.15, 0.2) is 5.69 Å². The summed E-state index contributed by atoms with van der Waals surface area (Å²) in [4.78, 5) is 15.8. The van der Waals surface area contributed by atoms with E-state index in [4.69, 9.17) is 0 Å². The summed E-state index contributed by atoms with van der Waals surface area (Å²) in [5, 5.41) is 13.8. The quantitative estimate of drug-likeness (QED) is 0.911. The summed E-state index contributed by atoms with van der Waals surface area (Å²) in [6, 6.07) is 4.41. The normalized spacial score (nSPS) is 15.7. The monoisotopic (exact) mass is 333 g/mol. The highest BCUT2D eigenvalue weighted by atomic mass is 32.1. The summed E-state index contributed by atoms with van der Waals surface area (Å²) in [5.74, 6) is -0.0291. The number of nitrogens with one attached hydrogen (secondary N) is 1. The third kappa shape index (κ3) is 3.45. The molecule has 1 fully saturated rings. The fraction of sp³-hybridized carbons (Fsp3) is 0.562. The largest absolute Gasteiger partial charge is 0.332 e. The number of rotatable bonds is 5. The molecular weight excluding hydrogens is 310 g/mol. The molecule has 0 atom stereocenters. The molecule has 0 bridgehead atoms. The molecule has 1 N–H and O–H groups in total. The Hall–Kier alpha value is -1.73. The second-order valence-electron chi connectivity index (χ2n) is 5.85. The summed E-state index contributed by atoms with van der Waals surface area (Å²) in [5.41, 5.74) is 1.37. The first kappa shape index (κ1) is 16.1. The van der Waals surface area contributed by atoms with Gasteiger partial charge >= 0.3 is 0 Å². The Kier molecular flexibility index (Phi) is 5.07. The standard InChI is InChI=1S/C16H23N5OS/c1-3-20(11-14-5-4-10-23-14)16(22)15-12(2)21(19-18-15)13-6-8-17-9-7-13/h4-5,10,13,17H,3,6-9,11H2,1-2H3. The minimum absolute atomic E-state index is 0.0291. The molecule has 23 heavy (non-hydrogen) atoms. The molecule has 1 amide bonds. The van der Waals surface area contributed by atoms with Crippen molar-refractivity contribution >= 4 is 17.2 Å². The first-order valence-corrected chi connectivity index (χ1v) is 9.02. The molecule has 1 saturated heterocycles. The van der Waals surface area contributed by atoms with Gasteiger partial charge in [-0.3, -0.25) is 4.79 Å². The van der Waals surface area contributed by atoms with Gasteiger partial charge in [0.2, 0.25) is 0 Å². The number of nitrogens with zero attached hydrogens (tertiary/aromatic N) is 4. The zero-order valence-corrected chi connectivity index (χ0v) is 14.5. The molecule has 1 aliphatic heterocycles. The molecule has 0 spiro atoms. The van der Waals surface area contributed by atoms with Crippen molar-refractivity contribution in [1.29, 1.82) is 0 Å². The number of thiophene rings is 1. The fourth-order valence-electron chi connectivity index (χ4n) is 3.00. The van der Waals surface area contributed by atoms with Crippen LogP contribution in [0.15, 0.2) is 17.5 Å². The number of carbonyl (C=O) groups excluding carboxylic acids is 1. The van der Waals surface area contributed by atoms with Gasteiger partial charge in [-0.1, -0.05) is 11.3 Å². The lowest BCUT2D eigenvalue weighted by Crippen LogP contribution is -2.32. The summed E-state index contributed by atoms with van der Waals surface area (Å²) >= 11 is 1.67. The van der Waals surface area contributed by atoms with E-state index in [-0.39, 0.29) is 5.91 Å². The molecule has 1 aliphatic rings. The maximum Gasteiger partial charge on any atom is 0.276 e. The van der Waals surface area contributed by atoms with Gasteiger partial charge in [-0.2, -0.15) is 0 Å². The van der Waals surface area contributed by atoms with Gasteiger partial charge in [-0.05, 0) is 51.2 Å². The average Bonchev–Trinajstić information content (AvgIpc) is 3.22. The van der Waals surface area contributed by atoms with Crippen molar-refractivity contribution in [3.05, 3.63) is 33.8 Å². The first-order valence-electron chi connectivity index (χ1n) is 8.15. The van der Waals surface area contributed by atoms with E-state index >= 15 is 0 Å². The molecule has 7 heteroatoms. The zero-order chi connectivity index (χ0) is 16.2. The van der Waals surface area contributed by atoms with Crippen molar-refractivity contribution in [2.75, 3.05) is 19.6 Å². The second kappa shape index (κ2) is 7.23. The third-order valence-electron chi connectivity index (χ3n) is 4.38. The highest BCUT2D eigenvalue weighted by Crippen LogP contribution is 2.21. The predicted octanol–water partition coefficient (Wildman–Crippen LogP) is 2.23. The third-order valence-corrected chi connectivity index (χ3v) is 5.24. The lowest BCUT2D eigenvalue weighted by atomic mass is 10.1. The Balaban J connectivity index is 1.77. The van der Waals surface area contributed by atoms with E-state index < -0.39 is 0 Å². The van der Waals surface area contributed by atoms with Crippen molar-refractivity contribution < 1.29 is 4.79 Å². The van der Waals surface area contributed by atoms with E-state index in [2.05, 4.69) is 21.7 Å². The molecule has 6 nitrogen and oxygen atoms in total. The molecule has 0 unspecified atom stereocenters. The van der Waals surface area contributed by atoms with Gasteiger partial charge in [0, 0.05) is 11.4 Å². The van der Waals surface area contributed by atoms with E-state index in [9.17, 15) is 4.79 Å². The fourth-order valence-corrected chi connectivity index (χ4v) is 3.72. The van der Waals surface area contributed by atoms with Crippen molar-refractivity contribution in [2.45, 2.75) is 39.3 Å². The molecular formula is C16H23N5OS. The minimum Gasteiger partial charge on any atom is -0.332 e. The summed E-state index contributed by atoms with van der Waals surface area (Å²) in [7, 11) is 0. The van der Waals surface area contributed by atoms with E-state index in [0.717, 1.165) is 31.6 Å². The maximum atomic E-state index is 12.8. The van der Waals surface area contributed by atoms with Crippen LogP contribution in [0, 0.1) is 6.92 Å². The zero-order valence-electron chi connectivity index (χ0n) is 13.7. The molecule has 124 valence electrons. The topological polar surface area (TPSA) is 63.1 Å². The van der Waals surface area contributed by atoms with Crippen LogP contribution in [0.4, 0.5) is 0 Å². The average molecular weight is 333 g/mol. The number of amides is 1. The van der Waals surface area contributed by atoms with Gasteiger partial charge in [-0.15, -0.1) is 16.4 Å². The van der Waals surface area contributed by atoms with Crippen LogP contribution in [0.2, 0.25) is 0 Å². The van der Waals surface area contributed by atoms with E-state index in [1.165, 1.54) is 4.88 Å². The van der Waals surface area contributed by atoms with Crippen molar-refractivity contribution in [3.8, 4) is 0 Å². The number of carbonyl (C=O) groups is 1. The minimum atomic E-state index is -0.0291. The number of hydrogen-bond donors (Lipinski definition) is 1. The van der Waals surface area contributed by atoms with Gasteiger partial charge in [0.05, 0.1) is 18.3 Å². The van der Waals surface area contributed by atoms with E-state index in [1.807, 2.05) is 34.9 Å². The Morgan fingerprint density at radius 1 is 1.48 bits per heavy atom. The van der Waals surface area contributed by atoms with Crippen LogP contribution in [0.25, 0.3) is 0 Å². The van der Waals surface area contributed by atoms with E-state index in [1.54, 1.807) is 11.3 Å². The highest BCUT2D eigenvalue weighted by Gasteiger charge is 2.25. The van der Waals surface area contributed by atoms with Crippen LogP contribution in [0.3, 0.4) is 0 Å². The van der Waals surface area contributed by atoms with Crippen LogP contribution >= 0.6 is 11.3 Å². The first-order chi connectivity index (χ1) is 11.2. The molecule has 3 heterocycles. The summed E-state index contributed by atoms with van der Waals surface area (Å²) in [6.07, 6.45) is 2.06. The van der Waals surface area contributed by atoms with Crippen LogP contribution in [0.1, 0.15) is 46.9 Å². The molecule has 0 radical (unpaired) electrons. The van der Waals surface area contributed by atoms with Crippen molar-refractivity contribution in [3.63, 3.8) is 0 Å². The number of aromatic nitrogens is 3. The molecule has 0 saturated carbocycles. The lowest BCUT2D eigenvalue weighted by Gasteiger charge is -2.23. The van der Waals surface area contributed by atoms with Crippen LogP contribution < -0.4 is 5.32 Å². The maximum absolute atomic E-state index is 12.8. The summed E-state index contributed by atoms with van der Waals surface area (Å²) in [6.45, 7) is 7.23. The van der Waals surface area contributed by atoms with Gasteiger partial charge in [-0.25, -0.2) is 4.68 Å². The smallest absolute Gasteiger partial charge is 0.276 e. The van der Waals surface area contributed by atoms with Crippen LogP contribution in [-0.4, -0.2) is 45.4 Å². The van der Waals surface area contributed by atoms with Crippen LogP contribution in [0.5, 0.6) is 0 Å². The number of piperidine rings is 1. The Labute approximate surface area is 140 Å². The number of hydrogen-bond acceptors (Lipinski definition) is 5. The Bertz CT molecular complexity index is 645. The molecule has 0 aromatic carbocycles. The van der Waals surface area contributed by atoms with Gasteiger partial charge in [0.25, 0.3) is 5.91 Å². The SMILES string of the molecule is CCN(Cc1cccs1)C(=O)c1nnn(C2CCNCC2)c1C. The van der Waals surface area contributed by atoms with Crippen LogP contribution in [-0.2, 0) is 6.54 Å². The Morgan fingerprint density at radius 2 is 2.26 bits per heavy atom. The van der Waals surface area contributed by atoms with Gasteiger partial charge in [0.1, 0.15) is 0 Å².